The van der Waals surface area contributed by atoms with E-state index in [2.05, 4.69) is 21.2 Å². The molecular formula is C14H21BrN2O2. The molecule has 0 fully saturated rings. The molecule has 0 atom stereocenters. The van der Waals surface area contributed by atoms with Gasteiger partial charge in [-0.05, 0) is 45.4 Å². The van der Waals surface area contributed by atoms with Gasteiger partial charge in [0.1, 0.15) is 5.75 Å². The molecular weight excluding hydrogens is 308 g/mol. The van der Waals surface area contributed by atoms with E-state index in [1.165, 1.54) is 0 Å². The third-order valence-corrected chi connectivity index (χ3v) is 2.86. The first kappa shape index (κ1) is 16.0. The Labute approximate surface area is 122 Å². The SMILES string of the molecule is Cc1cc(Br)cc(CN)c1OCC(=O)NC(C)(C)C. The molecule has 1 amide bonds. The monoisotopic (exact) mass is 328 g/mol. The van der Waals surface area contributed by atoms with Crippen LogP contribution in [0.2, 0.25) is 0 Å². The summed E-state index contributed by atoms with van der Waals surface area (Å²) in [7, 11) is 0. The van der Waals surface area contributed by atoms with Crippen molar-refractivity contribution in [2.24, 2.45) is 5.73 Å². The van der Waals surface area contributed by atoms with Crippen molar-refractivity contribution >= 4 is 21.8 Å². The van der Waals surface area contributed by atoms with Gasteiger partial charge in [0.2, 0.25) is 0 Å². The van der Waals surface area contributed by atoms with Crippen molar-refractivity contribution in [3.8, 4) is 5.75 Å². The Hall–Kier alpha value is -1.07. The lowest BCUT2D eigenvalue weighted by atomic mass is 10.1. The predicted molar refractivity (Wildman–Crippen MR) is 80.2 cm³/mol. The minimum atomic E-state index is -0.258. The lowest BCUT2D eigenvalue weighted by molar-refractivity contribution is -0.124. The first-order chi connectivity index (χ1) is 8.73. The molecule has 0 aliphatic carbocycles. The fourth-order valence-electron chi connectivity index (χ4n) is 1.75. The molecule has 1 aromatic rings. The van der Waals surface area contributed by atoms with Gasteiger partial charge >= 0.3 is 0 Å². The molecule has 0 saturated heterocycles. The van der Waals surface area contributed by atoms with Crippen LogP contribution in [0.3, 0.4) is 0 Å². The lowest BCUT2D eigenvalue weighted by Crippen LogP contribution is -2.43. The van der Waals surface area contributed by atoms with Gasteiger partial charge in [0.25, 0.3) is 5.91 Å². The minimum Gasteiger partial charge on any atom is -0.483 e. The number of hydrogen-bond acceptors (Lipinski definition) is 3. The Balaban J connectivity index is 2.75. The quantitative estimate of drug-likeness (QED) is 0.892. The topological polar surface area (TPSA) is 64.3 Å². The maximum absolute atomic E-state index is 11.7. The Morgan fingerprint density at radius 2 is 2.05 bits per heavy atom. The number of aryl methyl sites for hydroxylation is 1. The van der Waals surface area contributed by atoms with Crippen LogP contribution in [0.15, 0.2) is 16.6 Å². The highest BCUT2D eigenvalue weighted by Gasteiger charge is 2.15. The summed E-state index contributed by atoms with van der Waals surface area (Å²) >= 11 is 3.42. The van der Waals surface area contributed by atoms with Gasteiger partial charge in [-0.25, -0.2) is 0 Å². The Kier molecular flexibility index (Phi) is 5.38. The molecule has 3 N–H and O–H groups in total. The van der Waals surface area contributed by atoms with E-state index >= 15 is 0 Å². The highest BCUT2D eigenvalue weighted by molar-refractivity contribution is 9.10. The van der Waals surface area contributed by atoms with Gasteiger partial charge in [0, 0.05) is 22.1 Å². The van der Waals surface area contributed by atoms with Crippen LogP contribution < -0.4 is 15.8 Å². The number of nitrogens with two attached hydrogens (primary N) is 1. The number of amides is 1. The Bertz CT molecular complexity index is 467. The number of rotatable bonds is 4. The second kappa shape index (κ2) is 6.39. The fraction of sp³-hybridized carbons (Fsp3) is 0.500. The average Bonchev–Trinajstić information content (AvgIpc) is 2.24. The minimum absolute atomic E-state index is 0.00720. The van der Waals surface area contributed by atoms with Gasteiger partial charge in [-0.2, -0.15) is 0 Å². The van der Waals surface area contributed by atoms with Gasteiger partial charge in [-0.1, -0.05) is 15.9 Å². The van der Waals surface area contributed by atoms with E-state index in [9.17, 15) is 4.79 Å². The summed E-state index contributed by atoms with van der Waals surface area (Å²) in [5, 5.41) is 2.85. The smallest absolute Gasteiger partial charge is 0.258 e. The predicted octanol–water partition coefficient (Wildman–Crippen LogP) is 2.51. The number of carbonyl (C=O) groups excluding carboxylic acids is 1. The molecule has 1 rings (SSSR count). The van der Waals surface area contributed by atoms with Gasteiger partial charge in [0.15, 0.2) is 6.61 Å². The van der Waals surface area contributed by atoms with Crippen molar-refractivity contribution in [3.05, 3.63) is 27.7 Å². The van der Waals surface area contributed by atoms with E-state index in [1.807, 2.05) is 39.8 Å². The zero-order chi connectivity index (χ0) is 14.6. The summed E-state index contributed by atoms with van der Waals surface area (Å²) in [4.78, 5) is 11.7. The largest absolute Gasteiger partial charge is 0.483 e. The molecule has 0 unspecified atom stereocenters. The van der Waals surface area contributed by atoms with Crippen LogP contribution in [0, 0.1) is 6.92 Å². The van der Waals surface area contributed by atoms with E-state index in [1.54, 1.807) is 0 Å². The molecule has 0 aromatic heterocycles. The maximum atomic E-state index is 11.7. The van der Waals surface area contributed by atoms with E-state index < -0.39 is 0 Å². The molecule has 0 radical (unpaired) electrons. The Morgan fingerprint density at radius 3 is 2.58 bits per heavy atom. The van der Waals surface area contributed by atoms with Gasteiger partial charge < -0.3 is 15.8 Å². The second-order valence-corrected chi connectivity index (χ2v) is 6.42. The van der Waals surface area contributed by atoms with Crippen LogP contribution in [0.5, 0.6) is 5.75 Å². The maximum Gasteiger partial charge on any atom is 0.258 e. The summed E-state index contributed by atoms with van der Waals surface area (Å²) in [6, 6.07) is 3.85. The first-order valence-corrected chi connectivity index (χ1v) is 6.95. The van der Waals surface area contributed by atoms with Crippen LogP contribution in [0.1, 0.15) is 31.9 Å². The molecule has 0 spiro atoms. The number of benzene rings is 1. The lowest BCUT2D eigenvalue weighted by Gasteiger charge is -2.21. The molecule has 19 heavy (non-hydrogen) atoms. The number of halogens is 1. The third-order valence-electron chi connectivity index (χ3n) is 2.40. The normalized spacial score (nSPS) is 11.3. The van der Waals surface area contributed by atoms with Crippen LogP contribution in [0.25, 0.3) is 0 Å². The van der Waals surface area contributed by atoms with Crippen molar-refractivity contribution in [1.82, 2.24) is 5.32 Å². The summed E-state index contributed by atoms with van der Waals surface area (Å²) in [5.41, 5.74) is 7.28. The summed E-state index contributed by atoms with van der Waals surface area (Å²) in [5.74, 6) is 0.549. The first-order valence-electron chi connectivity index (χ1n) is 6.16. The molecule has 0 saturated carbocycles. The van der Waals surface area contributed by atoms with Crippen LogP contribution in [-0.4, -0.2) is 18.1 Å². The number of hydrogen-bond donors (Lipinski definition) is 2. The molecule has 5 heteroatoms. The average molecular weight is 329 g/mol. The fourth-order valence-corrected chi connectivity index (χ4v) is 2.37. The van der Waals surface area contributed by atoms with Crippen molar-refractivity contribution < 1.29 is 9.53 Å². The molecule has 1 aromatic carbocycles. The molecule has 0 bridgehead atoms. The van der Waals surface area contributed by atoms with Crippen LogP contribution in [0.4, 0.5) is 0 Å². The molecule has 106 valence electrons. The molecule has 0 heterocycles. The van der Waals surface area contributed by atoms with Crippen LogP contribution in [-0.2, 0) is 11.3 Å². The van der Waals surface area contributed by atoms with Crippen molar-refractivity contribution in [2.45, 2.75) is 39.8 Å². The second-order valence-electron chi connectivity index (χ2n) is 5.50. The van der Waals surface area contributed by atoms with Gasteiger partial charge in [-0.3, -0.25) is 4.79 Å². The number of ether oxygens (including phenoxy) is 1. The van der Waals surface area contributed by atoms with E-state index in [0.29, 0.717) is 12.3 Å². The van der Waals surface area contributed by atoms with Gasteiger partial charge in [0.05, 0.1) is 0 Å². The summed E-state index contributed by atoms with van der Waals surface area (Å²) in [6.45, 7) is 8.09. The third kappa shape index (κ3) is 5.20. The zero-order valence-electron chi connectivity index (χ0n) is 11.8. The van der Waals surface area contributed by atoms with E-state index in [0.717, 1.165) is 15.6 Å². The molecule has 4 nitrogen and oxygen atoms in total. The molecule has 0 aliphatic rings. The Morgan fingerprint density at radius 1 is 1.42 bits per heavy atom. The zero-order valence-corrected chi connectivity index (χ0v) is 13.4. The number of nitrogens with one attached hydrogen (secondary N) is 1. The highest BCUT2D eigenvalue weighted by atomic mass is 79.9. The summed E-state index contributed by atoms with van der Waals surface area (Å²) < 4.78 is 6.56. The summed E-state index contributed by atoms with van der Waals surface area (Å²) in [6.07, 6.45) is 0. The highest BCUT2D eigenvalue weighted by Crippen LogP contribution is 2.27. The van der Waals surface area contributed by atoms with E-state index in [-0.39, 0.29) is 18.1 Å². The standard InChI is InChI=1S/C14H21BrN2O2/c1-9-5-11(15)6-10(7-16)13(9)19-8-12(18)17-14(2,3)4/h5-6H,7-8,16H2,1-4H3,(H,17,18). The van der Waals surface area contributed by atoms with Crippen molar-refractivity contribution in [2.75, 3.05) is 6.61 Å². The number of carbonyl (C=O) groups is 1. The molecule has 0 aliphatic heterocycles. The van der Waals surface area contributed by atoms with Crippen LogP contribution >= 0.6 is 15.9 Å². The van der Waals surface area contributed by atoms with Crippen molar-refractivity contribution in [3.63, 3.8) is 0 Å². The van der Waals surface area contributed by atoms with Gasteiger partial charge in [-0.15, -0.1) is 0 Å². The van der Waals surface area contributed by atoms with Crippen molar-refractivity contribution in [1.29, 1.82) is 0 Å². The van der Waals surface area contributed by atoms with E-state index in [4.69, 9.17) is 10.5 Å².